The van der Waals surface area contributed by atoms with Crippen LogP contribution in [0.3, 0.4) is 0 Å². The number of anilines is 1. The van der Waals surface area contributed by atoms with Crippen molar-refractivity contribution in [2.45, 2.75) is 43.9 Å². The molecule has 0 radical (unpaired) electrons. The molecule has 12 heteroatoms. The maximum atomic E-state index is 13.5. The molecule has 3 N–H and O–H groups in total. The van der Waals surface area contributed by atoms with E-state index < -0.39 is 22.0 Å². The van der Waals surface area contributed by atoms with Gasteiger partial charge in [0.15, 0.2) is 0 Å². The minimum atomic E-state index is -3.91. The van der Waals surface area contributed by atoms with Crippen molar-refractivity contribution in [2.75, 3.05) is 31.5 Å². The molecule has 10 nitrogen and oxygen atoms in total. The summed E-state index contributed by atoms with van der Waals surface area (Å²) in [6, 6.07) is 16.9. The van der Waals surface area contributed by atoms with E-state index >= 15 is 0 Å². The third-order valence-electron chi connectivity index (χ3n) is 7.44. The summed E-state index contributed by atoms with van der Waals surface area (Å²) in [5, 5.41) is 19.5. The van der Waals surface area contributed by atoms with E-state index in [0.717, 1.165) is 5.56 Å². The number of carbonyl (C=O) groups excluding carboxylic acids is 1. The number of carbonyl (C=O) groups is 2. The summed E-state index contributed by atoms with van der Waals surface area (Å²) >= 11 is 5.91. The molecule has 1 heterocycles. The van der Waals surface area contributed by atoms with Crippen molar-refractivity contribution in [3.63, 3.8) is 0 Å². The molecule has 3 aromatic rings. The number of hydrogen-bond donors (Lipinski definition) is 3. The Bertz CT molecular complexity index is 1550. The molecular formula is C31H36ClN3O7S. The van der Waals surface area contributed by atoms with Gasteiger partial charge in [0, 0.05) is 41.8 Å². The third-order valence-corrected chi connectivity index (χ3v) is 9.09. The van der Waals surface area contributed by atoms with Crippen LogP contribution in [-0.4, -0.2) is 79.2 Å². The zero-order chi connectivity index (χ0) is 31.3. The number of likely N-dealkylation sites (N-methyl/N-ethyl adjacent to an activating group) is 1. The molecule has 3 atom stereocenters. The second-order valence-electron chi connectivity index (χ2n) is 11.0. The number of ether oxygens (including phenoxy) is 1. The summed E-state index contributed by atoms with van der Waals surface area (Å²) in [6.07, 6.45) is -0.403. The SMILES string of the molecule is C[C@@H]1CN([C@H](C)CO)C(=O)Cc2cc(NS(=O)(=O)c3ccc(Cl)cc3)ccc2O[C@@H]1CN(C)Cc1ccc(C(=O)O)cc1. The number of halogens is 1. The highest BCUT2D eigenvalue weighted by molar-refractivity contribution is 7.92. The molecule has 0 saturated carbocycles. The first-order chi connectivity index (χ1) is 20.4. The topological polar surface area (TPSA) is 136 Å². The van der Waals surface area contributed by atoms with Crippen molar-refractivity contribution in [1.29, 1.82) is 0 Å². The fourth-order valence-electron chi connectivity index (χ4n) is 4.97. The minimum Gasteiger partial charge on any atom is -0.488 e. The number of carboxylic acids is 1. The van der Waals surface area contributed by atoms with Crippen LogP contribution in [0.2, 0.25) is 5.02 Å². The molecule has 4 rings (SSSR count). The number of nitrogens with one attached hydrogen (secondary N) is 1. The van der Waals surface area contributed by atoms with Crippen LogP contribution in [0.25, 0.3) is 0 Å². The lowest BCUT2D eigenvalue weighted by Crippen LogP contribution is -2.47. The number of hydrogen-bond acceptors (Lipinski definition) is 7. The van der Waals surface area contributed by atoms with Crippen LogP contribution in [0, 0.1) is 5.92 Å². The van der Waals surface area contributed by atoms with Crippen molar-refractivity contribution in [1.82, 2.24) is 9.80 Å². The molecule has 230 valence electrons. The van der Waals surface area contributed by atoms with Crippen LogP contribution in [0.15, 0.2) is 71.6 Å². The Balaban J connectivity index is 1.60. The Kier molecular flexibility index (Phi) is 10.3. The lowest BCUT2D eigenvalue weighted by Gasteiger charge is -2.34. The molecule has 0 aliphatic carbocycles. The van der Waals surface area contributed by atoms with Crippen LogP contribution >= 0.6 is 11.6 Å². The van der Waals surface area contributed by atoms with E-state index in [1.54, 1.807) is 54.3 Å². The summed E-state index contributed by atoms with van der Waals surface area (Å²) < 4.78 is 35.1. The van der Waals surface area contributed by atoms with E-state index in [4.69, 9.17) is 16.3 Å². The largest absolute Gasteiger partial charge is 0.488 e. The van der Waals surface area contributed by atoms with Crippen molar-refractivity contribution in [3.05, 3.63) is 88.4 Å². The number of carboxylic acid groups (broad SMARTS) is 1. The van der Waals surface area contributed by atoms with E-state index in [1.165, 1.54) is 24.3 Å². The second-order valence-corrected chi connectivity index (χ2v) is 13.1. The van der Waals surface area contributed by atoms with Gasteiger partial charge in [0.2, 0.25) is 5.91 Å². The second kappa shape index (κ2) is 13.8. The van der Waals surface area contributed by atoms with Gasteiger partial charge in [-0.25, -0.2) is 13.2 Å². The Morgan fingerprint density at radius 1 is 1.14 bits per heavy atom. The summed E-state index contributed by atoms with van der Waals surface area (Å²) in [6.45, 7) is 4.95. The summed E-state index contributed by atoms with van der Waals surface area (Å²) in [7, 11) is -1.98. The standard InChI is InChI=1S/C31H36ClN3O7S/c1-20-16-35(21(2)19-36)30(37)15-24-14-26(33-43(40,41)27-11-8-25(32)9-12-27)10-13-28(24)42-29(20)18-34(3)17-22-4-6-23(7-5-22)31(38)39/h4-14,20-21,29,33,36H,15-19H2,1-3H3,(H,38,39)/t20-,21-,29-/m1/s1. The smallest absolute Gasteiger partial charge is 0.335 e. The molecule has 0 fully saturated rings. The molecule has 1 aliphatic rings. The van der Waals surface area contributed by atoms with Gasteiger partial charge in [0.25, 0.3) is 10.0 Å². The Morgan fingerprint density at radius 3 is 2.44 bits per heavy atom. The molecule has 3 aromatic carbocycles. The van der Waals surface area contributed by atoms with Gasteiger partial charge >= 0.3 is 5.97 Å². The molecule has 43 heavy (non-hydrogen) atoms. The van der Waals surface area contributed by atoms with Crippen molar-refractivity contribution in [3.8, 4) is 5.75 Å². The molecule has 1 amide bonds. The summed E-state index contributed by atoms with van der Waals surface area (Å²) in [5.41, 5.74) is 1.95. The van der Waals surface area contributed by atoms with Crippen molar-refractivity contribution >= 4 is 39.2 Å². The lowest BCUT2D eigenvalue weighted by molar-refractivity contribution is -0.134. The molecule has 0 aromatic heterocycles. The first kappa shape index (κ1) is 32.3. The van der Waals surface area contributed by atoms with Gasteiger partial charge in [0.05, 0.1) is 29.5 Å². The van der Waals surface area contributed by atoms with E-state index in [0.29, 0.717) is 36.0 Å². The van der Waals surface area contributed by atoms with Gasteiger partial charge in [-0.1, -0.05) is 30.7 Å². The number of fused-ring (bicyclic) bond motifs is 1. The number of rotatable bonds is 10. The van der Waals surface area contributed by atoms with E-state index in [9.17, 15) is 28.2 Å². The van der Waals surface area contributed by atoms with Gasteiger partial charge in [-0.3, -0.25) is 14.4 Å². The maximum absolute atomic E-state index is 13.5. The fraction of sp³-hybridized carbons (Fsp3) is 0.355. The van der Waals surface area contributed by atoms with Gasteiger partial charge in [-0.2, -0.15) is 0 Å². The predicted molar refractivity (Wildman–Crippen MR) is 164 cm³/mol. The lowest BCUT2D eigenvalue weighted by atomic mass is 10.0. The van der Waals surface area contributed by atoms with Gasteiger partial charge in [-0.05, 0) is 74.1 Å². The summed E-state index contributed by atoms with van der Waals surface area (Å²) in [4.78, 5) is 28.4. The normalized spacial score (nSPS) is 18.2. The highest BCUT2D eigenvalue weighted by Gasteiger charge is 2.31. The van der Waals surface area contributed by atoms with Gasteiger partial charge < -0.3 is 19.8 Å². The first-order valence-electron chi connectivity index (χ1n) is 13.9. The zero-order valence-electron chi connectivity index (χ0n) is 24.2. The average molecular weight is 630 g/mol. The molecule has 1 aliphatic heterocycles. The number of nitrogens with zero attached hydrogens (tertiary/aromatic N) is 2. The molecule has 0 bridgehead atoms. The zero-order valence-corrected chi connectivity index (χ0v) is 25.8. The Hall–Kier alpha value is -3.64. The van der Waals surface area contributed by atoms with Crippen LogP contribution in [-0.2, 0) is 27.8 Å². The van der Waals surface area contributed by atoms with E-state index in [1.807, 2.05) is 14.0 Å². The number of benzene rings is 3. The van der Waals surface area contributed by atoms with E-state index in [2.05, 4.69) is 9.62 Å². The molecule has 0 unspecified atom stereocenters. The van der Waals surface area contributed by atoms with Crippen LogP contribution in [0.4, 0.5) is 5.69 Å². The fourth-order valence-corrected chi connectivity index (χ4v) is 6.15. The number of aliphatic hydroxyl groups excluding tert-OH is 1. The Morgan fingerprint density at radius 2 is 1.81 bits per heavy atom. The van der Waals surface area contributed by atoms with Crippen LogP contribution < -0.4 is 9.46 Å². The molecule has 0 spiro atoms. The van der Waals surface area contributed by atoms with Crippen molar-refractivity contribution < 1.29 is 33.0 Å². The van der Waals surface area contributed by atoms with Gasteiger partial charge in [-0.15, -0.1) is 0 Å². The first-order valence-corrected chi connectivity index (χ1v) is 15.7. The highest BCUT2D eigenvalue weighted by Crippen LogP contribution is 2.30. The average Bonchev–Trinajstić information content (AvgIpc) is 3.00. The van der Waals surface area contributed by atoms with Crippen LogP contribution in [0.5, 0.6) is 5.75 Å². The van der Waals surface area contributed by atoms with Crippen LogP contribution in [0.1, 0.15) is 35.3 Å². The number of aromatic carboxylic acids is 1. The quantitative estimate of drug-likeness (QED) is 0.305. The number of amides is 1. The Labute approximate surface area is 256 Å². The number of sulfonamides is 1. The highest BCUT2D eigenvalue weighted by atomic mass is 35.5. The monoisotopic (exact) mass is 629 g/mol. The van der Waals surface area contributed by atoms with Gasteiger partial charge in [0.1, 0.15) is 11.9 Å². The van der Waals surface area contributed by atoms with E-state index in [-0.39, 0.29) is 47.1 Å². The predicted octanol–water partition coefficient (Wildman–Crippen LogP) is 4.12. The molecular weight excluding hydrogens is 594 g/mol. The number of aliphatic hydroxyl groups is 1. The summed E-state index contributed by atoms with van der Waals surface area (Å²) in [5.74, 6) is -0.840. The minimum absolute atomic E-state index is 0.0403. The molecule has 0 saturated heterocycles. The van der Waals surface area contributed by atoms with Crippen molar-refractivity contribution in [2.24, 2.45) is 5.92 Å². The maximum Gasteiger partial charge on any atom is 0.335 e. The third kappa shape index (κ3) is 8.26.